The SMILES string of the molecule is CCOC(=O)C1=CN(c2ncnc3c2c(C)cn3COCC[Si](C)(C)C)CCS1. The number of aryl methyl sites for hydroxylation is 1. The maximum atomic E-state index is 12.1. The molecule has 2 aromatic rings. The minimum absolute atomic E-state index is 0.280. The molecule has 0 bridgehead atoms. The largest absolute Gasteiger partial charge is 0.462 e. The van der Waals surface area contributed by atoms with Gasteiger partial charge in [0.05, 0.1) is 12.0 Å². The number of ether oxygens (including phenoxy) is 2. The number of aromatic nitrogens is 3. The fraction of sp³-hybridized carbons (Fsp3) is 0.550. The first-order chi connectivity index (χ1) is 13.8. The minimum Gasteiger partial charge on any atom is -0.462 e. The Morgan fingerprint density at radius 3 is 2.83 bits per heavy atom. The number of hydrogen-bond donors (Lipinski definition) is 0. The predicted octanol–water partition coefficient (Wildman–Crippen LogP) is 4.01. The zero-order chi connectivity index (χ0) is 21.0. The Balaban J connectivity index is 1.84. The van der Waals surface area contributed by atoms with Crippen LogP contribution in [0.5, 0.6) is 0 Å². The van der Waals surface area contributed by atoms with Crippen LogP contribution in [0.25, 0.3) is 11.0 Å². The Morgan fingerprint density at radius 1 is 1.31 bits per heavy atom. The molecular weight excluding hydrogens is 404 g/mol. The summed E-state index contributed by atoms with van der Waals surface area (Å²) in [5.41, 5.74) is 1.94. The highest BCUT2D eigenvalue weighted by atomic mass is 32.2. The van der Waals surface area contributed by atoms with Crippen LogP contribution in [0.4, 0.5) is 5.82 Å². The quantitative estimate of drug-likeness (QED) is 0.353. The molecule has 0 amide bonds. The third-order valence-corrected chi connectivity index (χ3v) is 7.34. The van der Waals surface area contributed by atoms with Crippen molar-refractivity contribution >= 4 is 42.7 Å². The number of thioether (sulfide) groups is 1. The van der Waals surface area contributed by atoms with Crippen LogP contribution in [0, 0.1) is 6.92 Å². The normalized spacial score (nSPS) is 14.9. The minimum atomic E-state index is -1.11. The summed E-state index contributed by atoms with van der Waals surface area (Å²) in [7, 11) is -1.11. The van der Waals surface area contributed by atoms with Crippen LogP contribution < -0.4 is 4.90 Å². The number of fused-ring (bicyclic) bond motifs is 1. The van der Waals surface area contributed by atoms with E-state index in [4.69, 9.17) is 9.47 Å². The summed E-state index contributed by atoms with van der Waals surface area (Å²) >= 11 is 1.52. The smallest absolute Gasteiger partial charge is 0.346 e. The van der Waals surface area contributed by atoms with Gasteiger partial charge in [0.15, 0.2) is 0 Å². The fourth-order valence-corrected chi connectivity index (χ4v) is 4.78. The maximum absolute atomic E-state index is 12.1. The molecule has 0 N–H and O–H groups in total. The van der Waals surface area contributed by atoms with Gasteiger partial charge >= 0.3 is 5.97 Å². The van der Waals surface area contributed by atoms with E-state index in [-0.39, 0.29) is 5.97 Å². The van der Waals surface area contributed by atoms with Crippen molar-refractivity contribution in [3.8, 4) is 0 Å². The van der Waals surface area contributed by atoms with E-state index < -0.39 is 8.07 Å². The van der Waals surface area contributed by atoms with Gasteiger partial charge in [0.1, 0.15) is 29.4 Å². The lowest BCUT2D eigenvalue weighted by atomic mass is 10.2. The molecule has 0 unspecified atom stereocenters. The topological polar surface area (TPSA) is 69.5 Å². The van der Waals surface area contributed by atoms with Crippen molar-refractivity contribution in [3.63, 3.8) is 0 Å². The fourth-order valence-electron chi connectivity index (χ4n) is 3.13. The molecule has 0 saturated heterocycles. The number of carbonyl (C=O) groups is 1. The van der Waals surface area contributed by atoms with Crippen molar-refractivity contribution in [3.05, 3.63) is 29.2 Å². The molecule has 3 heterocycles. The standard InChI is InChI=1S/C20H30N4O3SSi/c1-6-27-20(25)16-12-23(7-9-28-16)18-17-15(2)11-24(19(17)22-13-21-18)14-26-8-10-29(3,4)5/h11-13H,6-10,14H2,1-5H3. The first-order valence-electron chi connectivity index (χ1n) is 9.96. The molecule has 2 aromatic heterocycles. The summed E-state index contributed by atoms with van der Waals surface area (Å²) in [6.45, 7) is 13.3. The van der Waals surface area contributed by atoms with Crippen LogP contribution in [0.1, 0.15) is 12.5 Å². The van der Waals surface area contributed by atoms with Gasteiger partial charge in [-0.25, -0.2) is 14.8 Å². The van der Waals surface area contributed by atoms with Crippen molar-refractivity contribution in [2.24, 2.45) is 0 Å². The van der Waals surface area contributed by atoms with Crippen LogP contribution >= 0.6 is 11.8 Å². The summed E-state index contributed by atoms with van der Waals surface area (Å²) in [6, 6.07) is 1.14. The lowest BCUT2D eigenvalue weighted by Gasteiger charge is -2.25. The highest BCUT2D eigenvalue weighted by Gasteiger charge is 2.23. The molecule has 0 fully saturated rings. The zero-order valence-corrected chi connectivity index (χ0v) is 19.7. The summed E-state index contributed by atoms with van der Waals surface area (Å²) < 4.78 is 13.1. The monoisotopic (exact) mass is 434 g/mol. The zero-order valence-electron chi connectivity index (χ0n) is 17.9. The Kier molecular flexibility index (Phi) is 7.02. The third kappa shape index (κ3) is 5.40. The Hall–Kier alpha value is -1.84. The Labute approximate surface area is 177 Å². The molecule has 9 heteroatoms. The van der Waals surface area contributed by atoms with E-state index in [9.17, 15) is 4.79 Å². The van der Waals surface area contributed by atoms with Crippen LogP contribution in [-0.4, -0.2) is 54.1 Å². The summed E-state index contributed by atoms with van der Waals surface area (Å²) in [5.74, 6) is 1.34. The van der Waals surface area contributed by atoms with Gasteiger partial charge in [-0.05, 0) is 25.5 Å². The second-order valence-electron chi connectivity index (χ2n) is 8.28. The van der Waals surface area contributed by atoms with Crippen molar-refractivity contribution in [2.75, 3.05) is 30.4 Å². The molecule has 0 radical (unpaired) electrons. The van der Waals surface area contributed by atoms with Crippen molar-refractivity contribution in [1.82, 2.24) is 14.5 Å². The molecule has 0 aromatic carbocycles. The van der Waals surface area contributed by atoms with Gasteiger partial charge in [-0.2, -0.15) is 0 Å². The number of anilines is 1. The molecule has 0 spiro atoms. The number of rotatable bonds is 8. The second-order valence-corrected chi connectivity index (χ2v) is 15.0. The third-order valence-electron chi connectivity index (χ3n) is 4.66. The van der Waals surface area contributed by atoms with Crippen LogP contribution in [0.15, 0.2) is 23.6 Å². The highest BCUT2D eigenvalue weighted by molar-refractivity contribution is 8.04. The Bertz CT molecular complexity index is 907. The molecule has 1 aliphatic rings. The lowest BCUT2D eigenvalue weighted by molar-refractivity contribution is -0.137. The molecule has 1 aliphatic heterocycles. The van der Waals surface area contributed by atoms with E-state index in [1.54, 1.807) is 6.33 Å². The van der Waals surface area contributed by atoms with Gasteiger partial charge in [0, 0.05) is 39.4 Å². The molecule has 29 heavy (non-hydrogen) atoms. The predicted molar refractivity (Wildman–Crippen MR) is 121 cm³/mol. The maximum Gasteiger partial charge on any atom is 0.346 e. The molecule has 0 aliphatic carbocycles. The van der Waals surface area contributed by atoms with E-state index in [1.165, 1.54) is 11.8 Å². The first-order valence-corrected chi connectivity index (χ1v) is 14.7. The van der Waals surface area contributed by atoms with E-state index >= 15 is 0 Å². The van der Waals surface area contributed by atoms with Crippen molar-refractivity contribution in [1.29, 1.82) is 0 Å². The van der Waals surface area contributed by atoms with Gasteiger partial charge in [-0.15, -0.1) is 11.8 Å². The van der Waals surface area contributed by atoms with Crippen LogP contribution in [0.3, 0.4) is 0 Å². The van der Waals surface area contributed by atoms with Crippen molar-refractivity contribution < 1.29 is 14.3 Å². The van der Waals surface area contributed by atoms with E-state index in [1.807, 2.05) is 22.6 Å². The highest BCUT2D eigenvalue weighted by Crippen LogP contribution is 2.32. The second kappa shape index (κ2) is 9.31. The summed E-state index contributed by atoms with van der Waals surface area (Å²) in [4.78, 5) is 23.8. The average Bonchev–Trinajstić information content (AvgIpc) is 3.01. The van der Waals surface area contributed by atoms with Crippen LogP contribution in [-0.2, 0) is 21.0 Å². The number of esters is 1. The van der Waals surface area contributed by atoms with Gasteiger partial charge in [0.2, 0.25) is 0 Å². The number of carbonyl (C=O) groups excluding carboxylic acids is 1. The molecule has 158 valence electrons. The van der Waals surface area contributed by atoms with E-state index in [0.717, 1.165) is 47.4 Å². The van der Waals surface area contributed by atoms with Gasteiger partial charge in [-0.1, -0.05) is 19.6 Å². The van der Waals surface area contributed by atoms with Crippen LogP contribution in [0.2, 0.25) is 25.7 Å². The molecule has 3 rings (SSSR count). The average molecular weight is 435 g/mol. The molecular formula is C20H30N4O3SSi. The molecule has 0 saturated carbocycles. The van der Waals surface area contributed by atoms with Gasteiger partial charge < -0.3 is 18.9 Å². The lowest BCUT2D eigenvalue weighted by Crippen LogP contribution is -2.26. The summed E-state index contributed by atoms with van der Waals surface area (Å²) in [5, 5.41) is 0.993. The number of nitrogens with zero attached hydrogens (tertiary/aromatic N) is 4. The Morgan fingerprint density at radius 2 is 2.10 bits per heavy atom. The van der Waals surface area contributed by atoms with E-state index in [2.05, 4.69) is 42.7 Å². The van der Waals surface area contributed by atoms with Crippen molar-refractivity contribution in [2.45, 2.75) is 46.3 Å². The summed E-state index contributed by atoms with van der Waals surface area (Å²) in [6.07, 6.45) is 5.48. The van der Waals surface area contributed by atoms with E-state index in [0.29, 0.717) is 18.2 Å². The first kappa shape index (κ1) is 21.9. The molecule has 7 nitrogen and oxygen atoms in total. The van der Waals surface area contributed by atoms with Gasteiger partial charge in [-0.3, -0.25) is 0 Å². The van der Waals surface area contributed by atoms with Gasteiger partial charge in [0.25, 0.3) is 0 Å². The number of hydrogen-bond acceptors (Lipinski definition) is 7. The molecule has 0 atom stereocenters.